The Hall–Kier alpha value is -2.09. The molecule has 21 heavy (non-hydrogen) atoms. The highest BCUT2D eigenvalue weighted by Gasteiger charge is 2.17. The maximum Gasteiger partial charge on any atom is 0.254 e. The Morgan fingerprint density at radius 1 is 1.33 bits per heavy atom. The maximum absolute atomic E-state index is 12.3. The Balaban J connectivity index is 2.98. The van der Waals surface area contributed by atoms with Gasteiger partial charge >= 0.3 is 0 Å². The van der Waals surface area contributed by atoms with Crippen molar-refractivity contribution in [2.75, 3.05) is 19.3 Å². The molecule has 0 unspecified atom stereocenters. The van der Waals surface area contributed by atoms with Gasteiger partial charge in [-0.05, 0) is 30.7 Å². The van der Waals surface area contributed by atoms with Crippen LogP contribution in [-0.4, -0.2) is 49.6 Å². The lowest BCUT2D eigenvalue weighted by atomic mass is 10.2. The molecule has 1 amide bonds. The van der Waals surface area contributed by atoms with Gasteiger partial charge in [0.15, 0.2) is 15.7 Å². The number of nitrogens with zero attached hydrogens (tertiary/aromatic N) is 2. The van der Waals surface area contributed by atoms with Crippen LogP contribution in [-0.2, 0) is 9.84 Å². The molecule has 0 fully saturated rings. The standard InChI is InChI=1S/C13H19N3O4S/c1-3-8-16(9-12(14)15-18)13(17)10-4-6-11(7-5-10)21(2,19)20/h4-7,18H,3,8-9H2,1-2H3,(H2,14,15). The summed E-state index contributed by atoms with van der Waals surface area (Å²) in [7, 11) is -3.30. The molecule has 3 N–H and O–H groups in total. The average Bonchev–Trinajstić information content (AvgIpc) is 2.45. The van der Waals surface area contributed by atoms with Gasteiger partial charge in [-0.1, -0.05) is 12.1 Å². The van der Waals surface area contributed by atoms with Gasteiger partial charge in [0.05, 0.1) is 11.4 Å². The normalized spacial score (nSPS) is 12.2. The van der Waals surface area contributed by atoms with E-state index in [-0.39, 0.29) is 23.2 Å². The molecular formula is C13H19N3O4S. The Labute approximate surface area is 124 Å². The third-order valence-electron chi connectivity index (χ3n) is 2.79. The molecule has 0 aliphatic rings. The van der Waals surface area contributed by atoms with E-state index in [1.807, 2.05) is 6.92 Å². The lowest BCUT2D eigenvalue weighted by Crippen LogP contribution is -2.39. The second-order valence-corrected chi connectivity index (χ2v) is 6.63. The average molecular weight is 313 g/mol. The summed E-state index contributed by atoms with van der Waals surface area (Å²) in [6, 6.07) is 5.67. The molecule has 8 heteroatoms. The predicted octanol–water partition coefficient (Wildman–Crippen LogP) is 0.689. The fourth-order valence-corrected chi connectivity index (χ4v) is 2.41. The maximum atomic E-state index is 12.3. The second-order valence-electron chi connectivity index (χ2n) is 4.61. The number of hydrogen-bond donors (Lipinski definition) is 2. The van der Waals surface area contributed by atoms with Crippen LogP contribution in [0.2, 0.25) is 0 Å². The molecule has 0 radical (unpaired) electrons. The molecule has 0 bridgehead atoms. The van der Waals surface area contributed by atoms with Crippen molar-refractivity contribution in [1.29, 1.82) is 0 Å². The molecular weight excluding hydrogens is 294 g/mol. The fraction of sp³-hybridized carbons (Fsp3) is 0.385. The highest BCUT2D eigenvalue weighted by Crippen LogP contribution is 2.12. The van der Waals surface area contributed by atoms with Gasteiger partial charge < -0.3 is 15.8 Å². The van der Waals surface area contributed by atoms with E-state index >= 15 is 0 Å². The largest absolute Gasteiger partial charge is 0.409 e. The zero-order chi connectivity index (χ0) is 16.0. The Morgan fingerprint density at radius 2 is 1.90 bits per heavy atom. The van der Waals surface area contributed by atoms with Gasteiger partial charge in [0.1, 0.15) is 0 Å². The number of amides is 1. The van der Waals surface area contributed by atoms with Gasteiger partial charge in [-0.3, -0.25) is 4.79 Å². The summed E-state index contributed by atoms with van der Waals surface area (Å²) in [5.74, 6) is -0.368. The van der Waals surface area contributed by atoms with Crippen molar-refractivity contribution in [3.05, 3.63) is 29.8 Å². The molecule has 0 heterocycles. The Bertz CT molecular complexity index is 623. The molecule has 0 aliphatic heterocycles. The molecule has 0 saturated heterocycles. The van der Waals surface area contributed by atoms with Crippen LogP contribution in [0.25, 0.3) is 0 Å². The minimum atomic E-state index is -3.30. The zero-order valence-corrected chi connectivity index (χ0v) is 12.8. The van der Waals surface area contributed by atoms with Gasteiger partial charge in [-0.25, -0.2) is 8.42 Å². The third-order valence-corrected chi connectivity index (χ3v) is 3.92. The van der Waals surface area contributed by atoms with Crippen LogP contribution in [0.5, 0.6) is 0 Å². The summed E-state index contributed by atoms with van der Waals surface area (Å²) in [5.41, 5.74) is 5.78. The highest BCUT2D eigenvalue weighted by molar-refractivity contribution is 7.90. The number of carbonyl (C=O) groups is 1. The van der Waals surface area contributed by atoms with Gasteiger partial charge in [0, 0.05) is 18.4 Å². The predicted molar refractivity (Wildman–Crippen MR) is 79.2 cm³/mol. The van der Waals surface area contributed by atoms with Crippen molar-refractivity contribution in [3.63, 3.8) is 0 Å². The molecule has 1 aromatic carbocycles. The minimum Gasteiger partial charge on any atom is -0.409 e. The van der Waals surface area contributed by atoms with Crippen molar-refractivity contribution in [2.24, 2.45) is 10.9 Å². The van der Waals surface area contributed by atoms with Crippen molar-refractivity contribution in [2.45, 2.75) is 18.2 Å². The van der Waals surface area contributed by atoms with Crippen molar-refractivity contribution in [1.82, 2.24) is 4.90 Å². The number of sulfone groups is 1. The number of nitrogens with two attached hydrogens (primary N) is 1. The van der Waals surface area contributed by atoms with E-state index in [2.05, 4.69) is 5.16 Å². The summed E-state index contributed by atoms with van der Waals surface area (Å²) < 4.78 is 22.8. The van der Waals surface area contributed by atoms with E-state index in [4.69, 9.17) is 10.9 Å². The van der Waals surface area contributed by atoms with E-state index in [0.717, 1.165) is 6.26 Å². The third kappa shape index (κ3) is 4.75. The van der Waals surface area contributed by atoms with Crippen LogP contribution in [0.1, 0.15) is 23.7 Å². The van der Waals surface area contributed by atoms with Gasteiger partial charge in [0.25, 0.3) is 5.91 Å². The molecule has 1 aromatic rings. The number of hydrogen-bond acceptors (Lipinski definition) is 5. The smallest absolute Gasteiger partial charge is 0.254 e. The highest BCUT2D eigenvalue weighted by atomic mass is 32.2. The number of amidine groups is 1. The Morgan fingerprint density at radius 3 is 2.33 bits per heavy atom. The van der Waals surface area contributed by atoms with Crippen LogP contribution in [0.3, 0.4) is 0 Å². The number of benzene rings is 1. The number of oxime groups is 1. The van der Waals surface area contributed by atoms with Crippen LogP contribution < -0.4 is 5.73 Å². The van der Waals surface area contributed by atoms with Crippen molar-refractivity contribution >= 4 is 21.6 Å². The summed E-state index contributed by atoms with van der Waals surface area (Å²) in [4.78, 5) is 13.9. The van der Waals surface area contributed by atoms with Crippen LogP contribution in [0.4, 0.5) is 0 Å². The minimum absolute atomic E-state index is 0.0109. The molecule has 1 rings (SSSR count). The Kier molecular flexibility index (Phi) is 5.71. The number of rotatable bonds is 6. The molecule has 0 aromatic heterocycles. The lowest BCUT2D eigenvalue weighted by Gasteiger charge is -2.21. The summed E-state index contributed by atoms with van der Waals surface area (Å²) in [5, 5.41) is 11.4. The molecule has 7 nitrogen and oxygen atoms in total. The van der Waals surface area contributed by atoms with E-state index < -0.39 is 9.84 Å². The van der Waals surface area contributed by atoms with E-state index in [0.29, 0.717) is 18.5 Å². The summed E-state index contributed by atoms with van der Waals surface area (Å²) in [6.45, 7) is 2.36. The summed E-state index contributed by atoms with van der Waals surface area (Å²) in [6.07, 6.45) is 1.82. The lowest BCUT2D eigenvalue weighted by molar-refractivity contribution is 0.0778. The fourth-order valence-electron chi connectivity index (χ4n) is 1.78. The quantitative estimate of drug-likeness (QED) is 0.347. The van der Waals surface area contributed by atoms with Gasteiger partial charge in [0.2, 0.25) is 0 Å². The van der Waals surface area contributed by atoms with Crippen LogP contribution >= 0.6 is 0 Å². The SMILES string of the molecule is CCCN(CC(N)=NO)C(=O)c1ccc(S(C)(=O)=O)cc1. The van der Waals surface area contributed by atoms with Crippen molar-refractivity contribution < 1.29 is 18.4 Å². The van der Waals surface area contributed by atoms with Gasteiger partial charge in [-0.2, -0.15) is 0 Å². The molecule has 0 aliphatic carbocycles. The number of carbonyl (C=O) groups excluding carboxylic acids is 1. The topological polar surface area (TPSA) is 113 Å². The molecule has 0 spiro atoms. The van der Waals surface area contributed by atoms with E-state index in [1.54, 1.807) is 0 Å². The monoisotopic (exact) mass is 313 g/mol. The van der Waals surface area contributed by atoms with Gasteiger partial charge in [-0.15, -0.1) is 0 Å². The first-order valence-corrected chi connectivity index (χ1v) is 8.24. The van der Waals surface area contributed by atoms with Crippen LogP contribution in [0.15, 0.2) is 34.3 Å². The molecule has 0 saturated carbocycles. The first-order valence-electron chi connectivity index (χ1n) is 6.35. The van der Waals surface area contributed by atoms with Crippen LogP contribution in [0, 0.1) is 0 Å². The molecule has 0 atom stereocenters. The molecule has 116 valence electrons. The first kappa shape index (κ1) is 17.0. The van der Waals surface area contributed by atoms with Crippen molar-refractivity contribution in [3.8, 4) is 0 Å². The zero-order valence-electron chi connectivity index (χ0n) is 12.0. The summed E-state index contributed by atoms with van der Waals surface area (Å²) >= 11 is 0. The van der Waals surface area contributed by atoms with E-state index in [1.165, 1.54) is 29.2 Å². The van der Waals surface area contributed by atoms with E-state index in [9.17, 15) is 13.2 Å². The second kappa shape index (κ2) is 7.07. The first-order chi connectivity index (χ1) is 9.79.